The Morgan fingerprint density at radius 3 is 1.97 bits per heavy atom. The largest absolute Gasteiger partial charge is 0.479 e. The number of sulfone groups is 1. The van der Waals surface area contributed by atoms with E-state index in [1.807, 2.05) is 0 Å². The minimum absolute atomic E-state index is 0.109. The van der Waals surface area contributed by atoms with Gasteiger partial charge in [-0.15, -0.1) is 0 Å². The molecule has 6 nitrogen and oxygen atoms in total. The maximum absolute atomic E-state index is 14.0. The third-order valence-electron chi connectivity index (χ3n) is 5.48. The topological polar surface area (TPSA) is 96.5 Å². The molecule has 206 valence electrons. The molecule has 39 heavy (non-hydrogen) atoms. The predicted octanol–water partition coefficient (Wildman–Crippen LogP) is 7.06. The molecule has 1 atom stereocenters. The van der Waals surface area contributed by atoms with Gasteiger partial charge in [0.2, 0.25) is 16.0 Å². The van der Waals surface area contributed by atoms with Gasteiger partial charge in [-0.1, -0.05) is 0 Å². The number of carboxylic acids is 1. The van der Waals surface area contributed by atoms with Crippen molar-refractivity contribution in [2.24, 2.45) is 0 Å². The zero-order chi connectivity index (χ0) is 28.9. The van der Waals surface area contributed by atoms with Crippen LogP contribution >= 0.6 is 0 Å². The number of carboxylic acid groups (broad SMARTS) is 1. The van der Waals surface area contributed by atoms with Gasteiger partial charge in [0.05, 0.1) is 20.9 Å². The molecular formula is C24H13F8NO5S. The summed E-state index contributed by atoms with van der Waals surface area (Å²) in [5.41, 5.74) is -5.51. The molecule has 0 spiro atoms. The van der Waals surface area contributed by atoms with Crippen molar-refractivity contribution in [2.45, 2.75) is 28.3 Å². The lowest BCUT2D eigenvalue weighted by atomic mass is 10.00. The lowest BCUT2D eigenvalue weighted by Crippen LogP contribution is -2.17. The summed E-state index contributed by atoms with van der Waals surface area (Å²) >= 11 is 0. The highest BCUT2D eigenvalue weighted by Gasteiger charge is 2.44. The molecule has 3 aromatic carbocycles. The Balaban J connectivity index is 1.89. The number of halogens is 8. The molecule has 0 fully saturated rings. The number of aromatic amines is 1. The van der Waals surface area contributed by atoms with Crippen LogP contribution in [0.1, 0.15) is 22.9 Å². The summed E-state index contributed by atoms with van der Waals surface area (Å²) in [4.78, 5) is 12.7. The number of aliphatic carboxylic acids is 1. The number of fused-ring (bicyclic) bond motifs is 1. The highest BCUT2D eigenvalue weighted by Crippen LogP contribution is 2.48. The van der Waals surface area contributed by atoms with Crippen LogP contribution in [-0.4, -0.2) is 24.5 Å². The van der Waals surface area contributed by atoms with E-state index in [1.54, 1.807) is 0 Å². The van der Waals surface area contributed by atoms with Crippen LogP contribution in [0.4, 0.5) is 35.1 Å². The first-order chi connectivity index (χ1) is 18.0. The van der Waals surface area contributed by atoms with Crippen molar-refractivity contribution >= 4 is 26.7 Å². The normalized spacial score (nSPS) is 13.4. The van der Waals surface area contributed by atoms with Gasteiger partial charge in [-0.2, -0.15) is 26.3 Å². The lowest BCUT2D eigenvalue weighted by Gasteiger charge is -2.21. The Bertz CT molecular complexity index is 1640. The number of carbonyl (C=O) groups is 1. The van der Waals surface area contributed by atoms with Gasteiger partial charge in [-0.05, 0) is 60.2 Å². The number of rotatable bonds is 6. The predicted molar refractivity (Wildman–Crippen MR) is 118 cm³/mol. The van der Waals surface area contributed by atoms with Crippen LogP contribution in [0.25, 0.3) is 10.9 Å². The fraction of sp³-hybridized carbons (Fsp3) is 0.125. The molecule has 1 unspecified atom stereocenters. The maximum atomic E-state index is 14.0. The molecule has 2 N–H and O–H groups in total. The first-order valence-corrected chi connectivity index (χ1v) is 12.0. The average Bonchev–Trinajstić information content (AvgIpc) is 3.26. The Labute approximate surface area is 213 Å². The van der Waals surface area contributed by atoms with Crippen LogP contribution < -0.4 is 4.74 Å². The quantitative estimate of drug-likeness (QED) is 0.188. The van der Waals surface area contributed by atoms with E-state index in [4.69, 9.17) is 9.84 Å². The van der Waals surface area contributed by atoms with E-state index < -0.39 is 73.2 Å². The summed E-state index contributed by atoms with van der Waals surface area (Å²) in [6.45, 7) is 0. The summed E-state index contributed by atoms with van der Waals surface area (Å²) < 4.78 is 141. The van der Waals surface area contributed by atoms with Crippen LogP contribution in [0.2, 0.25) is 0 Å². The number of nitrogens with one attached hydrogen (secondary N) is 1. The van der Waals surface area contributed by atoms with Crippen molar-refractivity contribution in [3.05, 3.63) is 83.3 Å². The zero-order valence-corrected chi connectivity index (χ0v) is 19.7. The first-order valence-electron chi connectivity index (χ1n) is 10.5. The van der Waals surface area contributed by atoms with Crippen molar-refractivity contribution < 1.29 is 58.2 Å². The number of H-pyrrole nitrogens is 1. The van der Waals surface area contributed by atoms with E-state index in [9.17, 15) is 48.3 Å². The van der Waals surface area contributed by atoms with Gasteiger partial charge < -0.3 is 14.8 Å². The third kappa shape index (κ3) is 5.39. The molecule has 15 heteroatoms. The van der Waals surface area contributed by atoms with E-state index in [2.05, 4.69) is 4.98 Å². The van der Waals surface area contributed by atoms with Crippen molar-refractivity contribution in [3.63, 3.8) is 0 Å². The number of hydrogen-bond donors (Lipinski definition) is 2. The second-order valence-electron chi connectivity index (χ2n) is 8.06. The molecule has 0 aliphatic carbocycles. The van der Waals surface area contributed by atoms with Crippen LogP contribution in [0, 0.1) is 5.82 Å². The molecule has 0 radical (unpaired) electrons. The standard InChI is InChI=1S/C24H13F8NO5S/c25-12-1-4-14(5-2-12)39(36,37)19-10-33-18-6-3-13(9-15(18)19)38-21-16(23(27,28)29)7-11(20(26)22(34)35)8-17(21)24(30,31)32/h1-10,20,33H,(H,34,35). The summed E-state index contributed by atoms with van der Waals surface area (Å²) in [7, 11) is -4.33. The van der Waals surface area contributed by atoms with E-state index >= 15 is 0 Å². The van der Waals surface area contributed by atoms with Crippen LogP contribution in [0.15, 0.2) is 70.6 Å². The van der Waals surface area contributed by atoms with Gasteiger partial charge in [-0.25, -0.2) is 22.0 Å². The Morgan fingerprint density at radius 2 is 1.46 bits per heavy atom. The highest BCUT2D eigenvalue weighted by atomic mass is 32.2. The minimum Gasteiger partial charge on any atom is -0.479 e. The Hall–Kier alpha value is -4.14. The molecule has 4 rings (SSSR count). The highest BCUT2D eigenvalue weighted by molar-refractivity contribution is 7.91. The molecule has 0 aliphatic heterocycles. The maximum Gasteiger partial charge on any atom is 0.420 e. The van der Waals surface area contributed by atoms with Crippen molar-refractivity contribution in [3.8, 4) is 11.5 Å². The molecule has 0 bridgehead atoms. The number of hydrogen-bond acceptors (Lipinski definition) is 4. The third-order valence-corrected chi connectivity index (χ3v) is 7.29. The summed E-state index contributed by atoms with van der Waals surface area (Å²) in [6, 6.07) is 6.42. The number of alkyl halides is 7. The van der Waals surface area contributed by atoms with Crippen molar-refractivity contribution in [1.82, 2.24) is 4.98 Å². The summed E-state index contributed by atoms with van der Waals surface area (Å²) in [6.07, 6.45) is -13.3. The molecule has 0 aliphatic rings. The second kappa shape index (κ2) is 9.55. The molecule has 0 saturated heterocycles. The smallest absolute Gasteiger partial charge is 0.420 e. The van der Waals surface area contributed by atoms with Gasteiger partial charge in [-0.3, -0.25) is 0 Å². The van der Waals surface area contributed by atoms with Crippen LogP contribution in [-0.2, 0) is 27.0 Å². The molecule has 1 heterocycles. The van der Waals surface area contributed by atoms with E-state index in [-0.39, 0.29) is 27.9 Å². The van der Waals surface area contributed by atoms with Crippen molar-refractivity contribution in [1.29, 1.82) is 0 Å². The summed E-state index contributed by atoms with van der Waals surface area (Å²) in [5.74, 6) is -5.48. The number of benzene rings is 3. The number of aromatic nitrogens is 1. The molecular weight excluding hydrogens is 566 g/mol. The average molecular weight is 579 g/mol. The SMILES string of the molecule is O=C(O)C(F)c1cc(C(F)(F)F)c(Oc2ccc3[nH]cc(S(=O)(=O)c4ccc(F)cc4)c3c2)c(C(F)(F)F)c1. The van der Waals surface area contributed by atoms with E-state index in [0.717, 1.165) is 48.7 Å². The van der Waals surface area contributed by atoms with Gasteiger partial charge in [0.15, 0.2) is 5.75 Å². The molecule has 0 amide bonds. The number of ether oxygens (including phenoxy) is 1. The van der Waals surface area contributed by atoms with Crippen LogP contribution in [0.5, 0.6) is 11.5 Å². The van der Waals surface area contributed by atoms with Crippen molar-refractivity contribution in [2.75, 3.05) is 0 Å². The fourth-order valence-corrected chi connectivity index (χ4v) is 5.11. The second-order valence-corrected chi connectivity index (χ2v) is 9.98. The lowest BCUT2D eigenvalue weighted by molar-refractivity contribution is -0.147. The van der Waals surface area contributed by atoms with E-state index in [0.29, 0.717) is 0 Å². The molecule has 4 aromatic rings. The van der Waals surface area contributed by atoms with Gasteiger partial charge in [0.25, 0.3) is 0 Å². The van der Waals surface area contributed by atoms with Gasteiger partial charge in [0, 0.05) is 17.1 Å². The Morgan fingerprint density at radius 1 is 0.897 bits per heavy atom. The van der Waals surface area contributed by atoms with E-state index in [1.165, 1.54) is 0 Å². The Kier molecular flexibility index (Phi) is 6.83. The molecule has 0 saturated carbocycles. The monoisotopic (exact) mass is 579 g/mol. The zero-order valence-electron chi connectivity index (χ0n) is 18.9. The first kappa shape index (κ1) is 27.9. The molecule has 1 aromatic heterocycles. The van der Waals surface area contributed by atoms with Gasteiger partial charge in [0.1, 0.15) is 11.6 Å². The van der Waals surface area contributed by atoms with Crippen LogP contribution in [0.3, 0.4) is 0 Å². The van der Waals surface area contributed by atoms with Gasteiger partial charge >= 0.3 is 18.3 Å². The fourth-order valence-electron chi connectivity index (χ4n) is 3.69. The minimum atomic E-state index is -5.54. The summed E-state index contributed by atoms with van der Waals surface area (Å²) in [5, 5.41) is 8.58.